The molecule has 3 rings (SSSR count). The van der Waals surface area contributed by atoms with Gasteiger partial charge in [-0.15, -0.1) is 0 Å². The van der Waals surface area contributed by atoms with E-state index in [-0.39, 0.29) is 6.54 Å². The molecule has 20 heavy (non-hydrogen) atoms. The second kappa shape index (κ2) is 5.02. The van der Waals surface area contributed by atoms with Crippen LogP contribution in [-0.4, -0.2) is 11.5 Å². The zero-order chi connectivity index (χ0) is 14.0. The molecule has 1 unspecified atom stereocenters. The lowest BCUT2D eigenvalue weighted by Gasteiger charge is -2.25. The van der Waals surface area contributed by atoms with E-state index >= 15 is 4.39 Å². The molecule has 2 nitrogen and oxygen atoms in total. The number of nitrogens with zero attached hydrogens (tertiary/aromatic N) is 1. The lowest BCUT2D eigenvalue weighted by Crippen LogP contribution is -2.31. The van der Waals surface area contributed by atoms with Gasteiger partial charge in [0, 0.05) is 18.1 Å². The molecule has 2 aromatic carbocycles. The highest BCUT2D eigenvalue weighted by Gasteiger charge is 2.32. The van der Waals surface area contributed by atoms with Crippen LogP contribution in [0.4, 0.5) is 4.39 Å². The number of benzene rings is 2. The SMILES string of the molecule is NCC(F)(c1ccccc1)c1ccc2cccnc2c1. The monoisotopic (exact) mass is 266 g/mol. The summed E-state index contributed by atoms with van der Waals surface area (Å²) in [6.45, 7) is -0.102. The highest BCUT2D eigenvalue weighted by molar-refractivity contribution is 5.79. The minimum Gasteiger partial charge on any atom is -0.327 e. The van der Waals surface area contributed by atoms with Crippen LogP contribution in [0.25, 0.3) is 10.9 Å². The molecule has 2 N–H and O–H groups in total. The van der Waals surface area contributed by atoms with Gasteiger partial charge in [0.25, 0.3) is 0 Å². The summed E-state index contributed by atoms with van der Waals surface area (Å²) < 4.78 is 15.4. The van der Waals surface area contributed by atoms with Gasteiger partial charge < -0.3 is 5.73 Å². The van der Waals surface area contributed by atoms with Crippen LogP contribution in [0.1, 0.15) is 11.1 Å². The van der Waals surface area contributed by atoms with Crippen molar-refractivity contribution in [2.45, 2.75) is 5.67 Å². The van der Waals surface area contributed by atoms with E-state index in [1.165, 1.54) is 0 Å². The largest absolute Gasteiger partial charge is 0.327 e. The van der Waals surface area contributed by atoms with Crippen molar-refractivity contribution in [3.8, 4) is 0 Å². The van der Waals surface area contributed by atoms with E-state index in [4.69, 9.17) is 5.73 Å². The van der Waals surface area contributed by atoms with E-state index in [1.807, 2.05) is 36.4 Å². The molecule has 0 saturated carbocycles. The second-order valence-corrected chi connectivity index (χ2v) is 4.78. The van der Waals surface area contributed by atoms with Gasteiger partial charge in [-0.25, -0.2) is 4.39 Å². The molecule has 3 heteroatoms. The third-order valence-electron chi connectivity index (χ3n) is 3.58. The van der Waals surface area contributed by atoms with Crippen molar-refractivity contribution in [1.29, 1.82) is 0 Å². The van der Waals surface area contributed by atoms with Crippen LogP contribution in [0.3, 0.4) is 0 Å². The van der Waals surface area contributed by atoms with Gasteiger partial charge in [0.15, 0.2) is 5.67 Å². The summed E-state index contributed by atoms with van der Waals surface area (Å²) in [5.74, 6) is 0. The number of nitrogens with two attached hydrogens (primary N) is 1. The summed E-state index contributed by atoms with van der Waals surface area (Å²) in [7, 11) is 0. The number of hydrogen-bond acceptors (Lipinski definition) is 2. The first-order chi connectivity index (χ1) is 9.74. The molecule has 0 bridgehead atoms. The Labute approximate surface area is 117 Å². The van der Waals surface area contributed by atoms with Gasteiger partial charge in [-0.3, -0.25) is 4.98 Å². The van der Waals surface area contributed by atoms with Gasteiger partial charge in [-0.05, 0) is 23.3 Å². The van der Waals surface area contributed by atoms with Crippen molar-refractivity contribution in [3.63, 3.8) is 0 Å². The van der Waals surface area contributed by atoms with Crippen LogP contribution in [0.15, 0.2) is 66.9 Å². The predicted molar refractivity (Wildman–Crippen MR) is 79.1 cm³/mol. The van der Waals surface area contributed by atoms with E-state index in [2.05, 4.69) is 4.98 Å². The summed E-state index contributed by atoms with van der Waals surface area (Å²) in [4.78, 5) is 4.28. The fourth-order valence-electron chi connectivity index (χ4n) is 2.42. The van der Waals surface area contributed by atoms with Crippen molar-refractivity contribution in [2.75, 3.05) is 6.54 Å². The molecule has 0 amide bonds. The number of hydrogen-bond donors (Lipinski definition) is 1. The maximum absolute atomic E-state index is 15.4. The normalized spacial score (nSPS) is 14.1. The number of rotatable bonds is 3. The molecule has 1 atom stereocenters. The Morgan fingerprint density at radius 3 is 2.50 bits per heavy atom. The van der Waals surface area contributed by atoms with Crippen molar-refractivity contribution >= 4 is 10.9 Å². The van der Waals surface area contributed by atoms with Crippen LogP contribution in [-0.2, 0) is 5.67 Å². The molecule has 1 heterocycles. The molecule has 1 aromatic heterocycles. The zero-order valence-electron chi connectivity index (χ0n) is 11.0. The molecule has 0 fully saturated rings. The molecule has 0 saturated heterocycles. The minimum absolute atomic E-state index is 0.102. The van der Waals surface area contributed by atoms with Gasteiger partial charge in [0.05, 0.1) is 5.52 Å². The van der Waals surface area contributed by atoms with Gasteiger partial charge in [0.1, 0.15) is 0 Å². The summed E-state index contributed by atoms with van der Waals surface area (Å²) in [5, 5.41) is 0.990. The van der Waals surface area contributed by atoms with Gasteiger partial charge in [-0.2, -0.15) is 0 Å². The van der Waals surface area contributed by atoms with E-state index in [0.717, 1.165) is 10.9 Å². The Kier molecular flexibility index (Phi) is 3.20. The zero-order valence-corrected chi connectivity index (χ0v) is 11.0. The quantitative estimate of drug-likeness (QED) is 0.789. The van der Waals surface area contributed by atoms with E-state index < -0.39 is 5.67 Å². The van der Waals surface area contributed by atoms with Gasteiger partial charge in [-0.1, -0.05) is 48.5 Å². The fraction of sp³-hybridized carbons (Fsp3) is 0.118. The van der Waals surface area contributed by atoms with E-state index in [9.17, 15) is 0 Å². The highest BCUT2D eigenvalue weighted by Crippen LogP contribution is 2.34. The Hall–Kier alpha value is -2.26. The Balaban J connectivity index is 2.16. The molecule has 0 spiro atoms. The minimum atomic E-state index is -1.69. The summed E-state index contributed by atoms with van der Waals surface area (Å²) in [6, 6.07) is 18.3. The Bertz CT molecular complexity index is 727. The number of aromatic nitrogens is 1. The maximum atomic E-state index is 15.4. The Morgan fingerprint density at radius 2 is 1.75 bits per heavy atom. The number of alkyl halides is 1. The van der Waals surface area contributed by atoms with Gasteiger partial charge in [0.2, 0.25) is 0 Å². The molecule has 100 valence electrons. The number of fused-ring (bicyclic) bond motifs is 1. The topological polar surface area (TPSA) is 38.9 Å². The first-order valence-corrected chi connectivity index (χ1v) is 6.54. The molecule has 0 radical (unpaired) electrons. The molecular weight excluding hydrogens is 251 g/mol. The first-order valence-electron chi connectivity index (χ1n) is 6.54. The highest BCUT2D eigenvalue weighted by atomic mass is 19.1. The molecule has 0 aliphatic rings. The lowest BCUT2D eigenvalue weighted by molar-refractivity contribution is 0.233. The van der Waals surface area contributed by atoms with Gasteiger partial charge >= 0.3 is 0 Å². The maximum Gasteiger partial charge on any atom is 0.173 e. The average molecular weight is 266 g/mol. The average Bonchev–Trinajstić information content (AvgIpc) is 2.54. The van der Waals surface area contributed by atoms with Crippen LogP contribution in [0, 0.1) is 0 Å². The fourth-order valence-corrected chi connectivity index (χ4v) is 2.42. The van der Waals surface area contributed by atoms with Crippen LogP contribution in [0.2, 0.25) is 0 Å². The second-order valence-electron chi connectivity index (χ2n) is 4.78. The molecule has 3 aromatic rings. The molecular formula is C17H15FN2. The Morgan fingerprint density at radius 1 is 0.950 bits per heavy atom. The van der Waals surface area contributed by atoms with E-state index in [0.29, 0.717) is 11.1 Å². The lowest BCUT2D eigenvalue weighted by atomic mass is 9.87. The van der Waals surface area contributed by atoms with Crippen LogP contribution in [0.5, 0.6) is 0 Å². The van der Waals surface area contributed by atoms with Crippen molar-refractivity contribution < 1.29 is 4.39 Å². The van der Waals surface area contributed by atoms with Crippen LogP contribution >= 0.6 is 0 Å². The van der Waals surface area contributed by atoms with E-state index in [1.54, 1.807) is 30.5 Å². The van der Waals surface area contributed by atoms with Crippen molar-refractivity contribution in [1.82, 2.24) is 4.98 Å². The third kappa shape index (κ3) is 2.06. The number of pyridine rings is 1. The summed E-state index contributed by atoms with van der Waals surface area (Å²) in [5.41, 5.74) is 5.91. The van der Waals surface area contributed by atoms with Crippen molar-refractivity contribution in [2.24, 2.45) is 5.73 Å². The number of halogens is 1. The standard InChI is InChI=1S/C17H15FN2/c18-17(12-19,14-6-2-1-3-7-14)15-9-8-13-5-4-10-20-16(13)11-15/h1-11H,12,19H2. The molecule has 0 aliphatic carbocycles. The summed E-state index contributed by atoms with van der Waals surface area (Å²) in [6.07, 6.45) is 1.71. The summed E-state index contributed by atoms with van der Waals surface area (Å²) >= 11 is 0. The molecule has 0 aliphatic heterocycles. The third-order valence-corrected chi connectivity index (χ3v) is 3.58. The van der Waals surface area contributed by atoms with Crippen LogP contribution < -0.4 is 5.73 Å². The predicted octanol–water partition coefficient (Wildman–Crippen LogP) is 3.41. The smallest absolute Gasteiger partial charge is 0.173 e. The first kappa shape index (κ1) is 12.8. The van der Waals surface area contributed by atoms with Crippen molar-refractivity contribution in [3.05, 3.63) is 78.0 Å².